The average Bonchev–Trinajstić information content (AvgIpc) is 3.07. The third-order valence-corrected chi connectivity index (χ3v) is 9.49. The molecule has 0 aliphatic heterocycles. The minimum Gasteiger partial charge on any atom is -0.0616 e. The first-order chi connectivity index (χ1) is 21.9. The smallest absolute Gasteiger partial charge is 0.00199 e. The number of rotatable bonds is 3. The van der Waals surface area contributed by atoms with E-state index in [1.165, 1.54) is 87.6 Å². The average molecular weight is 577 g/mol. The Kier molecular flexibility index (Phi) is 6.36. The van der Waals surface area contributed by atoms with Crippen molar-refractivity contribution in [2.24, 2.45) is 0 Å². The standard InChI is InChI=1S/C45H36/c1-29-17-19-31(20-18-29)43-38-15-9-10-16-39(38)44(41-28-33-11-5-6-12-35(33)36-13-7-8-14-37(36)41)40-26-23-32(27-42(40)43)30-21-24-34(25-22-30)45(2,3)4/h5-28H,1-4H3. The molecule has 0 aromatic heterocycles. The lowest BCUT2D eigenvalue weighted by atomic mass is 9.82. The van der Waals surface area contributed by atoms with Gasteiger partial charge in [-0.15, -0.1) is 0 Å². The van der Waals surface area contributed by atoms with Gasteiger partial charge in [-0.1, -0.05) is 160 Å². The monoisotopic (exact) mass is 576 g/mol. The molecule has 0 unspecified atom stereocenters. The van der Waals surface area contributed by atoms with Crippen molar-refractivity contribution in [2.75, 3.05) is 0 Å². The second kappa shape index (κ2) is 10.5. The van der Waals surface area contributed by atoms with E-state index < -0.39 is 0 Å². The van der Waals surface area contributed by atoms with Gasteiger partial charge in [0.25, 0.3) is 0 Å². The largest absolute Gasteiger partial charge is 0.0616 e. The molecule has 0 atom stereocenters. The molecule has 0 saturated heterocycles. The zero-order valence-electron chi connectivity index (χ0n) is 26.4. The van der Waals surface area contributed by atoms with E-state index in [1.807, 2.05) is 0 Å². The van der Waals surface area contributed by atoms with Gasteiger partial charge in [-0.3, -0.25) is 0 Å². The summed E-state index contributed by atoms with van der Waals surface area (Å²) in [6.45, 7) is 8.98. The molecule has 0 aliphatic rings. The third-order valence-electron chi connectivity index (χ3n) is 9.49. The van der Waals surface area contributed by atoms with E-state index in [0.29, 0.717) is 0 Å². The van der Waals surface area contributed by atoms with Crippen molar-refractivity contribution >= 4 is 43.1 Å². The summed E-state index contributed by atoms with van der Waals surface area (Å²) in [5, 5.41) is 10.3. The SMILES string of the molecule is Cc1ccc(-c2c3ccccc3c(-c3cc4ccccc4c4ccccc34)c3ccc(-c4ccc(C(C)(C)C)cc4)cc23)cc1. The fourth-order valence-electron chi connectivity index (χ4n) is 7.10. The maximum absolute atomic E-state index is 2.43. The van der Waals surface area contributed by atoms with Crippen molar-refractivity contribution in [3.8, 4) is 33.4 Å². The van der Waals surface area contributed by atoms with Gasteiger partial charge in [-0.25, -0.2) is 0 Å². The summed E-state index contributed by atoms with van der Waals surface area (Å²) >= 11 is 0. The number of fused-ring (bicyclic) bond motifs is 5. The van der Waals surface area contributed by atoms with Gasteiger partial charge in [0.15, 0.2) is 0 Å². The first-order valence-electron chi connectivity index (χ1n) is 15.9. The quantitative estimate of drug-likeness (QED) is 0.145. The predicted octanol–water partition coefficient (Wildman–Crippen LogP) is 12.9. The zero-order chi connectivity index (χ0) is 30.7. The van der Waals surface area contributed by atoms with Crippen molar-refractivity contribution in [1.82, 2.24) is 0 Å². The van der Waals surface area contributed by atoms with Crippen LogP contribution < -0.4 is 0 Å². The molecule has 45 heavy (non-hydrogen) atoms. The highest BCUT2D eigenvalue weighted by Gasteiger charge is 2.20. The Labute approximate surface area is 265 Å². The maximum atomic E-state index is 2.43. The molecule has 8 aromatic rings. The zero-order valence-corrected chi connectivity index (χ0v) is 26.4. The van der Waals surface area contributed by atoms with Crippen LogP contribution in [0.3, 0.4) is 0 Å². The van der Waals surface area contributed by atoms with Crippen LogP contribution in [0.15, 0.2) is 146 Å². The number of benzene rings is 8. The number of aryl methyl sites for hydroxylation is 1. The van der Waals surface area contributed by atoms with Gasteiger partial charge in [-0.05, 0) is 107 Å². The maximum Gasteiger partial charge on any atom is -0.00199 e. The molecule has 0 bridgehead atoms. The van der Waals surface area contributed by atoms with Crippen molar-refractivity contribution in [3.63, 3.8) is 0 Å². The number of hydrogen-bond acceptors (Lipinski definition) is 0. The van der Waals surface area contributed by atoms with Crippen LogP contribution in [0.25, 0.3) is 76.5 Å². The molecule has 0 nitrogen and oxygen atoms in total. The Morgan fingerprint density at radius 1 is 0.378 bits per heavy atom. The van der Waals surface area contributed by atoms with Crippen LogP contribution in [-0.2, 0) is 5.41 Å². The van der Waals surface area contributed by atoms with Gasteiger partial charge in [-0.2, -0.15) is 0 Å². The van der Waals surface area contributed by atoms with Crippen molar-refractivity contribution in [3.05, 3.63) is 157 Å². The lowest BCUT2D eigenvalue weighted by Gasteiger charge is -2.21. The van der Waals surface area contributed by atoms with E-state index >= 15 is 0 Å². The van der Waals surface area contributed by atoms with Gasteiger partial charge in [0, 0.05) is 0 Å². The first-order valence-corrected chi connectivity index (χ1v) is 15.9. The lowest BCUT2D eigenvalue weighted by molar-refractivity contribution is 0.590. The minimum atomic E-state index is 0.122. The van der Waals surface area contributed by atoms with Gasteiger partial charge in [0.1, 0.15) is 0 Å². The van der Waals surface area contributed by atoms with Crippen LogP contribution >= 0.6 is 0 Å². The van der Waals surface area contributed by atoms with Crippen molar-refractivity contribution in [1.29, 1.82) is 0 Å². The highest BCUT2D eigenvalue weighted by atomic mass is 14.2. The van der Waals surface area contributed by atoms with Crippen molar-refractivity contribution in [2.45, 2.75) is 33.1 Å². The molecule has 8 aromatic carbocycles. The van der Waals surface area contributed by atoms with Gasteiger partial charge >= 0.3 is 0 Å². The Bertz CT molecular complexity index is 2380. The molecule has 216 valence electrons. The first kappa shape index (κ1) is 27.4. The molecule has 0 fully saturated rings. The molecule has 0 heterocycles. The molecule has 0 aliphatic carbocycles. The van der Waals surface area contributed by atoms with Crippen LogP contribution in [0, 0.1) is 6.92 Å². The number of hydrogen-bond donors (Lipinski definition) is 0. The molecule has 0 heteroatoms. The minimum absolute atomic E-state index is 0.122. The summed E-state index contributed by atoms with van der Waals surface area (Å²) < 4.78 is 0. The Morgan fingerprint density at radius 2 is 0.911 bits per heavy atom. The molecular weight excluding hydrogens is 540 g/mol. The summed E-state index contributed by atoms with van der Waals surface area (Å²) in [5.41, 5.74) is 10.3. The topological polar surface area (TPSA) is 0 Å². The molecule has 0 spiro atoms. The van der Waals surface area contributed by atoms with E-state index in [2.05, 4.69) is 173 Å². The second-order valence-corrected chi connectivity index (χ2v) is 13.4. The van der Waals surface area contributed by atoms with Crippen molar-refractivity contribution < 1.29 is 0 Å². The predicted molar refractivity (Wildman–Crippen MR) is 196 cm³/mol. The Balaban J connectivity index is 1.50. The molecule has 0 radical (unpaired) electrons. The van der Waals surface area contributed by atoms with Gasteiger partial charge in [0.05, 0.1) is 0 Å². The third kappa shape index (κ3) is 4.61. The van der Waals surface area contributed by atoms with E-state index in [1.54, 1.807) is 0 Å². The second-order valence-electron chi connectivity index (χ2n) is 13.4. The lowest BCUT2D eigenvalue weighted by Crippen LogP contribution is -2.10. The summed E-state index contributed by atoms with van der Waals surface area (Å²) in [4.78, 5) is 0. The summed E-state index contributed by atoms with van der Waals surface area (Å²) in [7, 11) is 0. The van der Waals surface area contributed by atoms with E-state index in [-0.39, 0.29) is 5.41 Å². The molecule has 8 rings (SSSR count). The molecule has 0 saturated carbocycles. The van der Waals surface area contributed by atoms with Crippen LogP contribution in [0.4, 0.5) is 0 Å². The fourth-order valence-corrected chi connectivity index (χ4v) is 7.10. The summed E-state index contributed by atoms with van der Waals surface area (Å²) in [5.74, 6) is 0. The van der Waals surface area contributed by atoms with Crippen LogP contribution in [0.1, 0.15) is 31.9 Å². The molecule has 0 amide bonds. The molecule has 0 N–H and O–H groups in total. The van der Waals surface area contributed by atoms with Crippen LogP contribution in [-0.4, -0.2) is 0 Å². The van der Waals surface area contributed by atoms with Gasteiger partial charge in [0.2, 0.25) is 0 Å². The fraction of sp³-hybridized carbons (Fsp3) is 0.111. The van der Waals surface area contributed by atoms with Gasteiger partial charge < -0.3 is 0 Å². The van der Waals surface area contributed by atoms with E-state index in [0.717, 1.165) is 0 Å². The summed E-state index contributed by atoms with van der Waals surface area (Å²) in [6, 6.07) is 54.3. The van der Waals surface area contributed by atoms with E-state index in [4.69, 9.17) is 0 Å². The highest BCUT2D eigenvalue weighted by molar-refractivity contribution is 6.26. The van der Waals surface area contributed by atoms with E-state index in [9.17, 15) is 0 Å². The van der Waals surface area contributed by atoms with Crippen LogP contribution in [0.2, 0.25) is 0 Å². The van der Waals surface area contributed by atoms with Crippen LogP contribution in [0.5, 0.6) is 0 Å². The molecular formula is C45H36. The highest BCUT2D eigenvalue weighted by Crippen LogP contribution is 2.47. The Hall–Kier alpha value is -5.20. The Morgan fingerprint density at radius 3 is 1.60 bits per heavy atom. The summed E-state index contributed by atoms with van der Waals surface area (Å²) in [6.07, 6.45) is 0. The normalized spacial score (nSPS) is 12.0.